The summed E-state index contributed by atoms with van der Waals surface area (Å²) in [4.78, 5) is 43.1. The summed E-state index contributed by atoms with van der Waals surface area (Å²) in [5, 5.41) is 24.1. The number of carboxylic acids is 1. The highest BCUT2D eigenvalue weighted by molar-refractivity contribution is 9.10. The van der Waals surface area contributed by atoms with Crippen LogP contribution in [-0.2, 0) is 22.6 Å². The number of carbonyl (C=O) groups excluding carboxylic acids is 2. The van der Waals surface area contributed by atoms with Crippen LogP contribution in [0.15, 0.2) is 57.7 Å². The van der Waals surface area contributed by atoms with Crippen LogP contribution in [-0.4, -0.2) is 65.7 Å². The first-order valence-corrected chi connectivity index (χ1v) is 13.0. The number of carboxylic acid groups (broad SMARTS) is 1. The van der Waals surface area contributed by atoms with Gasteiger partial charge in [0.05, 0.1) is 10.2 Å². The molecule has 0 bridgehead atoms. The number of nitrogens with zero attached hydrogens (tertiary/aromatic N) is 7. The number of fused-ring (bicyclic) bond motifs is 2. The maximum atomic E-state index is 13.2. The average molecular weight is 605 g/mol. The number of tetrazole rings is 1. The second-order valence-electron chi connectivity index (χ2n) is 9.13. The van der Waals surface area contributed by atoms with Gasteiger partial charge in [-0.3, -0.25) is 14.5 Å². The standard InChI is InChI=1S/C26H21BrN8O5/c1-3-18-29-23-21(24(36)30-20(26(38)39)25(37)33(23)2)34(18)11-13-8-9-17-15(10-13)19(27)22(40-17)14-6-4-5-7-16(14)35-12-28-31-32-35/h4-10,12,20H,3,11H2,1-2H3,(H,30,36)(H,38,39). The molecule has 0 fully saturated rings. The van der Waals surface area contributed by atoms with Crippen molar-refractivity contribution in [2.24, 2.45) is 0 Å². The summed E-state index contributed by atoms with van der Waals surface area (Å²) >= 11 is 3.70. The van der Waals surface area contributed by atoms with Gasteiger partial charge in [-0.1, -0.05) is 25.1 Å². The summed E-state index contributed by atoms with van der Waals surface area (Å²) in [6.07, 6.45) is 1.99. The number of likely N-dealkylation sites (N-methyl/N-ethyl adjacent to an activating group) is 1. The Bertz CT molecular complexity index is 1810. The van der Waals surface area contributed by atoms with E-state index < -0.39 is 23.8 Å². The Morgan fingerprint density at radius 3 is 2.73 bits per heavy atom. The van der Waals surface area contributed by atoms with E-state index in [1.807, 2.05) is 49.4 Å². The number of nitrogens with one attached hydrogen (secondary N) is 1. The van der Waals surface area contributed by atoms with E-state index in [0.717, 1.165) is 31.6 Å². The van der Waals surface area contributed by atoms with Crippen molar-refractivity contribution in [2.45, 2.75) is 25.9 Å². The van der Waals surface area contributed by atoms with Gasteiger partial charge in [0.1, 0.15) is 17.7 Å². The van der Waals surface area contributed by atoms with E-state index in [2.05, 4.69) is 41.8 Å². The van der Waals surface area contributed by atoms with Crippen LogP contribution in [0.4, 0.5) is 5.82 Å². The Morgan fingerprint density at radius 2 is 2.00 bits per heavy atom. The Balaban J connectivity index is 1.41. The van der Waals surface area contributed by atoms with Crippen LogP contribution in [0.25, 0.3) is 28.0 Å². The normalized spacial score (nSPS) is 15.3. The number of aliphatic carboxylic acids is 1. The lowest BCUT2D eigenvalue weighted by Gasteiger charge is -2.16. The van der Waals surface area contributed by atoms with Crippen molar-refractivity contribution in [3.8, 4) is 17.0 Å². The Labute approximate surface area is 234 Å². The van der Waals surface area contributed by atoms with E-state index in [9.17, 15) is 19.5 Å². The fourth-order valence-electron chi connectivity index (χ4n) is 4.82. The third-order valence-electron chi connectivity index (χ3n) is 6.75. The zero-order valence-corrected chi connectivity index (χ0v) is 22.8. The average Bonchev–Trinajstić information content (AvgIpc) is 3.67. The maximum Gasteiger partial charge on any atom is 0.336 e. The number of hydrogen-bond acceptors (Lipinski definition) is 8. The second-order valence-corrected chi connectivity index (χ2v) is 9.92. The van der Waals surface area contributed by atoms with Crippen LogP contribution < -0.4 is 10.2 Å². The van der Waals surface area contributed by atoms with Gasteiger partial charge < -0.3 is 19.4 Å². The van der Waals surface area contributed by atoms with E-state index in [1.54, 1.807) is 9.25 Å². The van der Waals surface area contributed by atoms with Crippen LogP contribution in [0, 0.1) is 0 Å². The topological polar surface area (TPSA) is 161 Å². The summed E-state index contributed by atoms with van der Waals surface area (Å²) < 4.78 is 10.2. The first kappa shape index (κ1) is 25.4. The number of carbonyl (C=O) groups is 3. The Kier molecular flexibility index (Phi) is 6.18. The summed E-state index contributed by atoms with van der Waals surface area (Å²) in [5.74, 6) is -1.59. The van der Waals surface area contributed by atoms with Crippen LogP contribution in [0.3, 0.4) is 0 Å². The fraction of sp³-hybridized carbons (Fsp3) is 0.192. The number of para-hydroxylation sites is 1. The maximum absolute atomic E-state index is 13.2. The third-order valence-corrected chi connectivity index (χ3v) is 7.54. The van der Waals surface area contributed by atoms with Crippen molar-refractivity contribution < 1.29 is 23.9 Å². The molecule has 0 saturated heterocycles. The number of anilines is 1. The van der Waals surface area contributed by atoms with Crippen molar-refractivity contribution in [3.05, 3.63) is 70.3 Å². The molecule has 0 aliphatic carbocycles. The molecule has 40 heavy (non-hydrogen) atoms. The molecule has 0 saturated carbocycles. The molecule has 1 aliphatic heterocycles. The summed E-state index contributed by atoms with van der Waals surface area (Å²) in [6, 6.07) is 11.5. The molecule has 4 heterocycles. The van der Waals surface area contributed by atoms with Gasteiger partial charge in [-0.15, -0.1) is 5.10 Å². The highest BCUT2D eigenvalue weighted by Gasteiger charge is 2.40. The molecule has 3 aromatic heterocycles. The molecule has 14 heteroatoms. The molecule has 13 nitrogen and oxygen atoms in total. The van der Waals surface area contributed by atoms with Crippen molar-refractivity contribution in [3.63, 3.8) is 0 Å². The fourth-order valence-corrected chi connectivity index (χ4v) is 5.42. The lowest BCUT2D eigenvalue weighted by atomic mass is 10.1. The Hall–Kier alpha value is -4.85. The highest BCUT2D eigenvalue weighted by Crippen LogP contribution is 2.40. The number of hydrogen-bond donors (Lipinski definition) is 2. The van der Waals surface area contributed by atoms with E-state index in [0.29, 0.717) is 23.6 Å². The zero-order chi connectivity index (χ0) is 28.1. The van der Waals surface area contributed by atoms with Gasteiger partial charge in [-0.2, -0.15) is 4.68 Å². The van der Waals surface area contributed by atoms with Gasteiger partial charge in [-0.05, 0) is 56.2 Å². The van der Waals surface area contributed by atoms with E-state index in [-0.39, 0.29) is 18.1 Å². The van der Waals surface area contributed by atoms with Gasteiger partial charge in [-0.25, -0.2) is 9.78 Å². The predicted octanol–water partition coefficient (Wildman–Crippen LogP) is 2.80. The van der Waals surface area contributed by atoms with Crippen LogP contribution in [0.1, 0.15) is 28.8 Å². The molecule has 5 aromatic rings. The molecule has 2 aromatic carbocycles. The number of amides is 2. The first-order valence-electron chi connectivity index (χ1n) is 12.2. The molecule has 1 aliphatic rings. The number of imidazole rings is 1. The van der Waals surface area contributed by atoms with Crippen molar-refractivity contribution in [2.75, 3.05) is 11.9 Å². The monoisotopic (exact) mass is 604 g/mol. The first-order chi connectivity index (χ1) is 19.3. The second kappa shape index (κ2) is 9.72. The molecule has 1 unspecified atom stereocenters. The number of furan rings is 1. The number of aryl methyl sites for hydroxylation is 1. The molecule has 0 radical (unpaired) electrons. The molecule has 2 N–H and O–H groups in total. The van der Waals surface area contributed by atoms with Gasteiger partial charge in [0.25, 0.3) is 11.8 Å². The quantitative estimate of drug-likeness (QED) is 0.277. The van der Waals surface area contributed by atoms with E-state index >= 15 is 0 Å². The van der Waals surface area contributed by atoms with Crippen molar-refractivity contribution >= 4 is 50.5 Å². The summed E-state index contributed by atoms with van der Waals surface area (Å²) in [5.41, 5.74) is 3.13. The van der Waals surface area contributed by atoms with Gasteiger partial charge in [0.2, 0.25) is 6.04 Å². The minimum atomic E-state index is -1.70. The Morgan fingerprint density at radius 1 is 1.20 bits per heavy atom. The number of benzene rings is 2. The number of halogens is 1. The molecule has 202 valence electrons. The SMILES string of the molecule is CCc1nc2c(n1Cc1ccc3oc(-c4ccccc4-n4cnnn4)c(Br)c3c1)C(=O)NC(C(=O)O)C(=O)N2C. The molecule has 6 rings (SSSR count). The third kappa shape index (κ3) is 4.04. The van der Waals surface area contributed by atoms with Crippen molar-refractivity contribution in [1.29, 1.82) is 0 Å². The van der Waals surface area contributed by atoms with Crippen molar-refractivity contribution in [1.82, 2.24) is 35.1 Å². The molecular weight excluding hydrogens is 584 g/mol. The minimum Gasteiger partial charge on any atom is -0.479 e. The molecule has 1 atom stereocenters. The largest absolute Gasteiger partial charge is 0.479 e. The van der Waals surface area contributed by atoms with E-state index in [1.165, 1.54) is 13.4 Å². The smallest absolute Gasteiger partial charge is 0.336 e. The zero-order valence-electron chi connectivity index (χ0n) is 21.2. The van der Waals surface area contributed by atoms with Gasteiger partial charge >= 0.3 is 5.97 Å². The lowest BCUT2D eigenvalue weighted by Crippen LogP contribution is -2.49. The highest BCUT2D eigenvalue weighted by atomic mass is 79.9. The lowest BCUT2D eigenvalue weighted by molar-refractivity contribution is -0.142. The minimum absolute atomic E-state index is 0.121. The summed E-state index contributed by atoms with van der Waals surface area (Å²) in [6.45, 7) is 2.14. The molecule has 0 spiro atoms. The van der Waals surface area contributed by atoms with Crippen LogP contribution in [0.5, 0.6) is 0 Å². The van der Waals surface area contributed by atoms with Crippen LogP contribution >= 0.6 is 15.9 Å². The number of rotatable bonds is 6. The van der Waals surface area contributed by atoms with E-state index in [4.69, 9.17) is 4.42 Å². The number of aromatic nitrogens is 6. The van der Waals surface area contributed by atoms with Gasteiger partial charge in [0.15, 0.2) is 17.3 Å². The van der Waals surface area contributed by atoms with Gasteiger partial charge in [0, 0.05) is 31.0 Å². The van der Waals surface area contributed by atoms with Crippen LogP contribution in [0.2, 0.25) is 0 Å². The predicted molar refractivity (Wildman–Crippen MR) is 145 cm³/mol. The molecular formula is C26H21BrN8O5. The molecule has 2 amide bonds. The summed E-state index contributed by atoms with van der Waals surface area (Å²) in [7, 11) is 1.41.